The Hall–Kier alpha value is -2.89. The molecule has 0 aliphatic carbocycles. The summed E-state index contributed by atoms with van der Waals surface area (Å²) in [5.74, 6) is -0.703. The molecular weight excluding hydrogens is 308 g/mol. The molecule has 1 N–H and O–H groups in total. The predicted molar refractivity (Wildman–Crippen MR) is 89.4 cm³/mol. The van der Waals surface area contributed by atoms with Crippen molar-refractivity contribution in [2.75, 3.05) is 14.2 Å². The summed E-state index contributed by atoms with van der Waals surface area (Å²) in [5.41, 5.74) is 0.968. The molecule has 1 heterocycles. The number of carboxylic acids is 1. The van der Waals surface area contributed by atoms with Crippen molar-refractivity contribution < 1.29 is 19.4 Å². The van der Waals surface area contributed by atoms with Crippen molar-refractivity contribution in [3.8, 4) is 5.75 Å². The van der Waals surface area contributed by atoms with Gasteiger partial charge >= 0.3 is 5.97 Å². The molecule has 0 aliphatic rings. The SMILES string of the molecule is COc1ccccc1CC(C)N(C)C(=O)c1cccc(C(=O)O)n1. The zero-order chi connectivity index (χ0) is 17.7. The van der Waals surface area contributed by atoms with Gasteiger partial charge in [0.25, 0.3) is 5.91 Å². The number of carbonyl (C=O) groups is 2. The van der Waals surface area contributed by atoms with E-state index < -0.39 is 5.97 Å². The molecule has 2 rings (SSSR count). The average molecular weight is 328 g/mol. The van der Waals surface area contributed by atoms with E-state index in [4.69, 9.17) is 9.84 Å². The van der Waals surface area contributed by atoms with Gasteiger partial charge in [-0.3, -0.25) is 4.79 Å². The first-order valence-corrected chi connectivity index (χ1v) is 7.53. The number of rotatable bonds is 6. The highest BCUT2D eigenvalue weighted by molar-refractivity contribution is 5.94. The Kier molecular flexibility index (Phi) is 5.52. The summed E-state index contributed by atoms with van der Waals surface area (Å²) >= 11 is 0. The van der Waals surface area contributed by atoms with Crippen LogP contribution in [-0.2, 0) is 6.42 Å². The second-order valence-corrected chi connectivity index (χ2v) is 5.49. The molecule has 2 aromatic rings. The topological polar surface area (TPSA) is 79.7 Å². The van der Waals surface area contributed by atoms with Crippen LogP contribution in [0.1, 0.15) is 33.5 Å². The summed E-state index contributed by atoms with van der Waals surface area (Å²) in [6, 6.07) is 11.9. The van der Waals surface area contributed by atoms with Gasteiger partial charge in [-0.2, -0.15) is 0 Å². The van der Waals surface area contributed by atoms with Crippen LogP contribution < -0.4 is 4.74 Å². The van der Waals surface area contributed by atoms with Crippen LogP contribution in [0.2, 0.25) is 0 Å². The number of hydrogen-bond donors (Lipinski definition) is 1. The highest BCUT2D eigenvalue weighted by Crippen LogP contribution is 2.20. The lowest BCUT2D eigenvalue weighted by atomic mass is 10.0. The molecule has 0 aliphatic heterocycles. The van der Waals surface area contributed by atoms with E-state index in [0.717, 1.165) is 11.3 Å². The third kappa shape index (κ3) is 3.90. The zero-order valence-corrected chi connectivity index (χ0v) is 13.9. The number of para-hydroxylation sites is 1. The number of nitrogens with zero attached hydrogens (tertiary/aromatic N) is 2. The Labute approximate surface area is 140 Å². The van der Waals surface area contributed by atoms with E-state index >= 15 is 0 Å². The molecule has 0 radical (unpaired) electrons. The standard InChI is InChI=1S/C18H20N2O4/c1-12(11-13-7-4-5-10-16(13)24-3)20(2)17(21)14-8-6-9-15(19-14)18(22)23/h4-10,12H,11H2,1-3H3,(H,22,23). The van der Waals surface area contributed by atoms with Crippen LogP contribution in [0.15, 0.2) is 42.5 Å². The summed E-state index contributed by atoms with van der Waals surface area (Å²) in [4.78, 5) is 29.0. The summed E-state index contributed by atoms with van der Waals surface area (Å²) in [7, 11) is 3.29. The second kappa shape index (κ2) is 7.59. The first kappa shape index (κ1) is 17.5. The van der Waals surface area contributed by atoms with E-state index in [0.29, 0.717) is 6.42 Å². The van der Waals surface area contributed by atoms with Gasteiger partial charge in [0.15, 0.2) is 0 Å². The number of pyridine rings is 1. The van der Waals surface area contributed by atoms with Gasteiger partial charge in [-0.1, -0.05) is 24.3 Å². The van der Waals surface area contributed by atoms with Crippen molar-refractivity contribution in [1.29, 1.82) is 0 Å². The van der Waals surface area contributed by atoms with E-state index in [-0.39, 0.29) is 23.3 Å². The van der Waals surface area contributed by atoms with Crippen LogP contribution in [0, 0.1) is 0 Å². The fourth-order valence-corrected chi connectivity index (χ4v) is 2.38. The van der Waals surface area contributed by atoms with Crippen LogP contribution in [-0.4, -0.2) is 47.1 Å². The number of methoxy groups -OCH3 is 1. The minimum atomic E-state index is -1.16. The van der Waals surface area contributed by atoms with E-state index in [1.54, 1.807) is 19.1 Å². The first-order chi connectivity index (χ1) is 11.4. The summed E-state index contributed by atoms with van der Waals surface area (Å²) in [6.45, 7) is 1.92. The first-order valence-electron chi connectivity index (χ1n) is 7.53. The molecule has 0 saturated heterocycles. The molecule has 0 fully saturated rings. The molecule has 0 spiro atoms. The fraction of sp³-hybridized carbons (Fsp3) is 0.278. The lowest BCUT2D eigenvalue weighted by Gasteiger charge is -2.25. The molecule has 1 aromatic carbocycles. The number of amides is 1. The predicted octanol–water partition coefficient (Wildman–Crippen LogP) is 2.49. The molecule has 1 unspecified atom stereocenters. The fourth-order valence-electron chi connectivity index (χ4n) is 2.38. The lowest BCUT2D eigenvalue weighted by molar-refractivity contribution is 0.0689. The zero-order valence-electron chi connectivity index (χ0n) is 13.9. The second-order valence-electron chi connectivity index (χ2n) is 5.49. The van der Waals surface area contributed by atoms with E-state index in [1.165, 1.54) is 18.2 Å². The molecule has 1 amide bonds. The number of benzene rings is 1. The molecule has 126 valence electrons. The van der Waals surface area contributed by atoms with Crippen molar-refractivity contribution in [3.63, 3.8) is 0 Å². The normalized spacial score (nSPS) is 11.6. The lowest BCUT2D eigenvalue weighted by Crippen LogP contribution is -2.37. The van der Waals surface area contributed by atoms with Crippen molar-refractivity contribution in [3.05, 3.63) is 59.4 Å². The minimum absolute atomic E-state index is 0.107. The largest absolute Gasteiger partial charge is 0.496 e. The van der Waals surface area contributed by atoms with Crippen molar-refractivity contribution >= 4 is 11.9 Å². The monoisotopic (exact) mass is 328 g/mol. The number of carbonyl (C=O) groups excluding carboxylic acids is 1. The Morgan fingerprint density at radius 1 is 1.17 bits per heavy atom. The quantitative estimate of drug-likeness (QED) is 0.881. The van der Waals surface area contributed by atoms with Crippen molar-refractivity contribution in [1.82, 2.24) is 9.88 Å². The van der Waals surface area contributed by atoms with Crippen molar-refractivity contribution in [2.24, 2.45) is 0 Å². The van der Waals surface area contributed by atoms with Gasteiger partial charge in [-0.05, 0) is 37.1 Å². The average Bonchev–Trinajstić information content (AvgIpc) is 2.60. The molecule has 6 nitrogen and oxygen atoms in total. The van der Waals surface area contributed by atoms with Crippen LogP contribution in [0.4, 0.5) is 0 Å². The van der Waals surface area contributed by atoms with Gasteiger partial charge in [0, 0.05) is 13.1 Å². The Balaban J connectivity index is 2.15. The molecule has 1 aromatic heterocycles. The molecule has 1 atom stereocenters. The van der Waals surface area contributed by atoms with Crippen LogP contribution in [0.3, 0.4) is 0 Å². The molecule has 0 bridgehead atoms. The Morgan fingerprint density at radius 3 is 2.50 bits per heavy atom. The van der Waals surface area contributed by atoms with Gasteiger partial charge in [-0.15, -0.1) is 0 Å². The van der Waals surface area contributed by atoms with Gasteiger partial charge < -0.3 is 14.7 Å². The van der Waals surface area contributed by atoms with Crippen LogP contribution in [0.25, 0.3) is 0 Å². The van der Waals surface area contributed by atoms with Crippen LogP contribution in [0.5, 0.6) is 5.75 Å². The maximum atomic E-state index is 12.5. The smallest absolute Gasteiger partial charge is 0.354 e. The Bertz CT molecular complexity index is 745. The Morgan fingerprint density at radius 2 is 1.83 bits per heavy atom. The van der Waals surface area contributed by atoms with Gasteiger partial charge in [0.1, 0.15) is 17.1 Å². The maximum absolute atomic E-state index is 12.5. The van der Waals surface area contributed by atoms with E-state index in [2.05, 4.69) is 4.98 Å². The number of ether oxygens (including phenoxy) is 1. The third-order valence-electron chi connectivity index (χ3n) is 3.88. The summed E-state index contributed by atoms with van der Waals surface area (Å²) < 4.78 is 5.33. The van der Waals surface area contributed by atoms with Crippen LogP contribution >= 0.6 is 0 Å². The molecule has 24 heavy (non-hydrogen) atoms. The summed E-state index contributed by atoms with van der Waals surface area (Å²) in [5, 5.41) is 8.99. The van der Waals surface area contributed by atoms with E-state index in [9.17, 15) is 9.59 Å². The van der Waals surface area contributed by atoms with E-state index in [1.807, 2.05) is 31.2 Å². The number of aromatic carboxylic acids is 1. The molecule has 0 saturated carbocycles. The van der Waals surface area contributed by atoms with Gasteiger partial charge in [0.2, 0.25) is 0 Å². The van der Waals surface area contributed by atoms with Gasteiger partial charge in [0.05, 0.1) is 7.11 Å². The molecule has 6 heteroatoms. The van der Waals surface area contributed by atoms with Gasteiger partial charge in [-0.25, -0.2) is 9.78 Å². The third-order valence-corrected chi connectivity index (χ3v) is 3.88. The maximum Gasteiger partial charge on any atom is 0.354 e. The highest BCUT2D eigenvalue weighted by atomic mass is 16.5. The molecular formula is C18H20N2O4. The highest BCUT2D eigenvalue weighted by Gasteiger charge is 2.21. The number of likely N-dealkylation sites (N-methyl/N-ethyl adjacent to an activating group) is 1. The summed E-state index contributed by atoms with van der Waals surface area (Å²) in [6.07, 6.45) is 0.616. The van der Waals surface area contributed by atoms with Crippen molar-refractivity contribution in [2.45, 2.75) is 19.4 Å². The minimum Gasteiger partial charge on any atom is -0.496 e. The number of hydrogen-bond acceptors (Lipinski definition) is 4. The number of carboxylic acid groups (broad SMARTS) is 1. The number of aromatic nitrogens is 1.